The van der Waals surface area contributed by atoms with Crippen LogP contribution in [0, 0.1) is 11.8 Å². The van der Waals surface area contributed by atoms with Crippen molar-refractivity contribution >= 4 is 29.1 Å². The van der Waals surface area contributed by atoms with E-state index in [9.17, 15) is 14.4 Å². The fourth-order valence-corrected chi connectivity index (χ4v) is 2.18. The van der Waals surface area contributed by atoms with Crippen LogP contribution in [-0.2, 0) is 14.4 Å². The van der Waals surface area contributed by atoms with Crippen molar-refractivity contribution < 1.29 is 19.5 Å². The molecule has 0 unspecified atom stereocenters. The highest BCUT2D eigenvalue weighted by molar-refractivity contribution is 6.47. The van der Waals surface area contributed by atoms with E-state index in [0.29, 0.717) is 38.5 Å². The number of hydrogen-bond acceptors (Lipinski definition) is 3. The van der Waals surface area contributed by atoms with Crippen molar-refractivity contribution in [3.63, 3.8) is 0 Å². The molecule has 0 amide bonds. The lowest BCUT2D eigenvalue weighted by molar-refractivity contribution is -0.137. The number of alkyl halides is 1. The predicted octanol–water partition coefficient (Wildman–Crippen LogP) is 2.32. The van der Waals surface area contributed by atoms with Gasteiger partial charge in [-0.3, -0.25) is 14.4 Å². The molecule has 0 saturated heterocycles. The summed E-state index contributed by atoms with van der Waals surface area (Å²) in [6.07, 6.45) is 3.29. The van der Waals surface area contributed by atoms with Gasteiger partial charge in [-0.05, 0) is 19.3 Å². The monoisotopic (exact) mass is 284 g/mol. The Morgan fingerprint density at radius 1 is 1.21 bits per heavy atom. The molecule has 1 fully saturated rings. The van der Waals surface area contributed by atoms with Crippen LogP contribution in [0.1, 0.15) is 51.4 Å². The second-order valence-electron chi connectivity index (χ2n) is 4.63. The maximum absolute atomic E-state index is 11.7. The van der Waals surface area contributed by atoms with E-state index in [1.54, 1.807) is 0 Å². The highest BCUT2D eigenvalue weighted by atomic mass is 35.5. The maximum Gasteiger partial charge on any atom is 0.303 e. The Labute approximate surface area is 117 Å². The zero-order valence-corrected chi connectivity index (χ0v) is 11.5. The van der Waals surface area contributed by atoms with Crippen molar-refractivity contribution in [2.75, 3.05) is 0 Å². The molecule has 1 rings (SSSR count). The van der Waals surface area contributed by atoms with Crippen LogP contribution < -0.4 is 0 Å². The fraction of sp³-hybridized carbons (Fsp3) is 0.643. The molecule has 0 aromatic heterocycles. The van der Waals surface area contributed by atoms with Crippen LogP contribution in [0.5, 0.6) is 0 Å². The summed E-state index contributed by atoms with van der Waals surface area (Å²) in [6.45, 7) is 0. The largest absolute Gasteiger partial charge is 0.481 e. The van der Waals surface area contributed by atoms with Gasteiger partial charge in [0.1, 0.15) is 0 Å². The van der Waals surface area contributed by atoms with E-state index >= 15 is 0 Å². The molecule has 1 N–H and O–H groups in total. The zero-order chi connectivity index (χ0) is 14.3. The lowest BCUT2D eigenvalue weighted by atomic mass is 9.84. The Hall–Kier alpha value is -1.34. The number of ketones is 2. The second-order valence-corrected chi connectivity index (χ2v) is 5.28. The van der Waals surface area contributed by atoms with E-state index < -0.39 is 10.8 Å². The van der Waals surface area contributed by atoms with Crippen LogP contribution in [-0.4, -0.2) is 27.5 Å². The summed E-state index contributed by atoms with van der Waals surface area (Å²) in [5.74, 6) is 4.34. The van der Waals surface area contributed by atoms with Crippen LogP contribution in [0.2, 0.25) is 0 Å². The third kappa shape index (κ3) is 4.68. The first-order valence-corrected chi connectivity index (χ1v) is 6.77. The van der Waals surface area contributed by atoms with Gasteiger partial charge < -0.3 is 5.11 Å². The SMILES string of the molecule is O=C(O)CCCCC#CCC1(Cl)C(=O)CCCC1=O. The summed E-state index contributed by atoms with van der Waals surface area (Å²) in [5.41, 5.74) is 0. The summed E-state index contributed by atoms with van der Waals surface area (Å²) < 4.78 is 0. The van der Waals surface area contributed by atoms with Gasteiger partial charge in [0, 0.05) is 32.1 Å². The van der Waals surface area contributed by atoms with Gasteiger partial charge in [-0.15, -0.1) is 23.4 Å². The molecule has 104 valence electrons. The quantitative estimate of drug-likeness (QED) is 0.364. The van der Waals surface area contributed by atoms with Gasteiger partial charge in [0.15, 0.2) is 16.4 Å². The summed E-state index contributed by atoms with van der Waals surface area (Å²) in [7, 11) is 0. The Bertz CT molecular complexity index is 414. The number of carboxylic acid groups (broad SMARTS) is 1. The molecule has 0 radical (unpaired) electrons. The van der Waals surface area contributed by atoms with Crippen LogP contribution in [0.15, 0.2) is 0 Å². The van der Waals surface area contributed by atoms with Crippen molar-refractivity contribution in [1.82, 2.24) is 0 Å². The topological polar surface area (TPSA) is 71.4 Å². The van der Waals surface area contributed by atoms with E-state index in [2.05, 4.69) is 11.8 Å². The number of carboxylic acids is 1. The average Bonchev–Trinajstić information content (AvgIpc) is 2.35. The molecular formula is C14H17ClO4. The van der Waals surface area contributed by atoms with Crippen molar-refractivity contribution in [2.45, 2.75) is 56.2 Å². The number of rotatable bonds is 5. The average molecular weight is 285 g/mol. The predicted molar refractivity (Wildman–Crippen MR) is 70.9 cm³/mol. The molecule has 19 heavy (non-hydrogen) atoms. The molecule has 0 aliphatic heterocycles. The highest BCUT2D eigenvalue weighted by Crippen LogP contribution is 2.31. The maximum atomic E-state index is 11.7. The Morgan fingerprint density at radius 3 is 2.42 bits per heavy atom. The van der Waals surface area contributed by atoms with E-state index in [1.165, 1.54) is 0 Å². The Kier molecular flexibility index (Phi) is 6.04. The lowest BCUT2D eigenvalue weighted by Crippen LogP contribution is -2.43. The molecule has 1 aliphatic carbocycles. The third-order valence-corrected chi connectivity index (χ3v) is 3.65. The van der Waals surface area contributed by atoms with Gasteiger partial charge in [-0.1, -0.05) is 0 Å². The summed E-state index contributed by atoms with van der Waals surface area (Å²) in [6, 6.07) is 0. The summed E-state index contributed by atoms with van der Waals surface area (Å²) >= 11 is 6.08. The first-order valence-electron chi connectivity index (χ1n) is 6.40. The number of halogens is 1. The minimum Gasteiger partial charge on any atom is -0.481 e. The molecule has 0 heterocycles. The van der Waals surface area contributed by atoms with Gasteiger partial charge in [0.05, 0.1) is 0 Å². The zero-order valence-electron chi connectivity index (χ0n) is 10.7. The lowest BCUT2D eigenvalue weighted by Gasteiger charge is -2.25. The molecule has 5 heteroatoms. The van der Waals surface area contributed by atoms with Crippen LogP contribution >= 0.6 is 11.6 Å². The highest BCUT2D eigenvalue weighted by Gasteiger charge is 2.44. The molecule has 0 aromatic rings. The van der Waals surface area contributed by atoms with Gasteiger partial charge in [-0.2, -0.15) is 0 Å². The number of hydrogen-bond donors (Lipinski definition) is 1. The molecule has 0 atom stereocenters. The molecular weight excluding hydrogens is 268 g/mol. The van der Waals surface area contributed by atoms with Gasteiger partial charge in [0.2, 0.25) is 0 Å². The molecule has 0 bridgehead atoms. The van der Waals surface area contributed by atoms with Crippen LogP contribution in [0.4, 0.5) is 0 Å². The first kappa shape index (κ1) is 15.7. The fourth-order valence-electron chi connectivity index (χ4n) is 1.92. The first-order chi connectivity index (χ1) is 8.97. The number of Topliss-reactive ketones (excluding diaryl/α,β-unsaturated/α-hetero) is 2. The number of aliphatic carboxylic acids is 1. The van der Waals surface area contributed by atoms with Crippen molar-refractivity contribution in [2.24, 2.45) is 0 Å². The van der Waals surface area contributed by atoms with Crippen LogP contribution in [0.25, 0.3) is 0 Å². The van der Waals surface area contributed by atoms with E-state index in [1.807, 2.05) is 0 Å². The summed E-state index contributed by atoms with van der Waals surface area (Å²) in [4.78, 5) is 32.2. The number of unbranched alkanes of at least 4 members (excludes halogenated alkanes) is 2. The summed E-state index contributed by atoms with van der Waals surface area (Å²) in [5, 5.41) is 8.45. The Morgan fingerprint density at radius 2 is 1.84 bits per heavy atom. The Balaban J connectivity index is 2.36. The van der Waals surface area contributed by atoms with Gasteiger partial charge in [-0.25, -0.2) is 0 Å². The van der Waals surface area contributed by atoms with Crippen molar-refractivity contribution in [3.05, 3.63) is 0 Å². The van der Waals surface area contributed by atoms with Crippen LogP contribution in [0.3, 0.4) is 0 Å². The minimum absolute atomic E-state index is 0.0607. The molecule has 4 nitrogen and oxygen atoms in total. The van der Waals surface area contributed by atoms with Gasteiger partial charge in [0.25, 0.3) is 0 Å². The van der Waals surface area contributed by atoms with Crippen molar-refractivity contribution in [1.29, 1.82) is 0 Å². The van der Waals surface area contributed by atoms with Gasteiger partial charge >= 0.3 is 5.97 Å². The van der Waals surface area contributed by atoms with E-state index in [0.717, 1.165) is 0 Å². The molecule has 1 aliphatic rings. The number of carbonyl (C=O) groups is 3. The smallest absolute Gasteiger partial charge is 0.303 e. The molecule has 0 spiro atoms. The molecule has 1 saturated carbocycles. The van der Waals surface area contributed by atoms with Crippen molar-refractivity contribution in [3.8, 4) is 11.8 Å². The van der Waals surface area contributed by atoms with E-state index in [-0.39, 0.29) is 24.4 Å². The second kappa shape index (κ2) is 7.30. The minimum atomic E-state index is -1.44. The third-order valence-electron chi connectivity index (χ3n) is 3.09. The van der Waals surface area contributed by atoms with E-state index in [4.69, 9.17) is 16.7 Å². The normalized spacial score (nSPS) is 17.7. The molecule has 0 aromatic carbocycles. The standard InChI is InChI=1S/C14H17ClO4/c15-14(11(16)7-6-8-12(14)17)10-5-3-1-2-4-9-13(18)19/h1-2,4,6-10H2,(H,18,19). The number of carbonyl (C=O) groups excluding carboxylic acids is 2.